The zero-order valence-corrected chi connectivity index (χ0v) is 19.1. The van der Waals surface area contributed by atoms with Gasteiger partial charge in [-0.3, -0.25) is 9.58 Å². The molecular weight excluding hydrogens is 400 g/mol. The molecule has 3 aromatic rings. The van der Waals surface area contributed by atoms with Crippen LogP contribution in [0, 0.1) is 0 Å². The van der Waals surface area contributed by atoms with Crippen molar-refractivity contribution in [2.24, 2.45) is 7.05 Å². The quantitative estimate of drug-likeness (QED) is 0.589. The predicted molar refractivity (Wildman–Crippen MR) is 126 cm³/mol. The standard InChI is InChI=1S/C25H32N6O/c1-29-18-21(22-11-12-26-25(27-22)31-14-5-6-15-31)24(28-29)20-9-7-13-30(17-20)16-19-8-3-4-10-23(19)32-2/h3-4,8,10-12,18,20H,5-7,9,13-17H2,1-2H3. The molecule has 0 radical (unpaired) electrons. The van der Waals surface area contributed by atoms with Crippen molar-refractivity contribution in [2.75, 3.05) is 38.2 Å². The smallest absolute Gasteiger partial charge is 0.225 e. The Bertz CT molecular complexity index is 1060. The molecule has 2 aliphatic rings. The second-order valence-corrected chi connectivity index (χ2v) is 8.92. The molecule has 0 saturated carbocycles. The molecule has 7 nitrogen and oxygen atoms in total. The van der Waals surface area contributed by atoms with Crippen LogP contribution >= 0.6 is 0 Å². The number of nitrogens with zero attached hydrogens (tertiary/aromatic N) is 6. The number of methoxy groups -OCH3 is 1. The number of para-hydroxylation sites is 1. The molecule has 1 aromatic carbocycles. The van der Waals surface area contributed by atoms with Crippen LogP contribution in [0.2, 0.25) is 0 Å². The molecule has 168 valence electrons. The van der Waals surface area contributed by atoms with Crippen LogP contribution in [0.15, 0.2) is 42.7 Å². The van der Waals surface area contributed by atoms with E-state index >= 15 is 0 Å². The van der Waals surface area contributed by atoms with E-state index in [1.807, 2.05) is 36.1 Å². The van der Waals surface area contributed by atoms with E-state index in [4.69, 9.17) is 14.8 Å². The van der Waals surface area contributed by atoms with E-state index in [-0.39, 0.29) is 0 Å². The molecule has 2 saturated heterocycles. The molecule has 2 fully saturated rings. The lowest BCUT2D eigenvalue weighted by Crippen LogP contribution is -2.34. The summed E-state index contributed by atoms with van der Waals surface area (Å²) < 4.78 is 7.50. The number of aromatic nitrogens is 4. The van der Waals surface area contributed by atoms with Gasteiger partial charge in [-0.15, -0.1) is 0 Å². The normalized spacial score (nSPS) is 19.4. The summed E-state index contributed by atoms with van der Waals surface area (Å²) in [7, 11) is 3.75. The fourth-order valence-electron chi connectivity index (χ4n) is 5.07. The molecule has 7 heteroatoms. The van der Waals surface area contributed by atoms with Gasteiger partial charge in [0.15, 0.2) is 0 Å². The fraction of sp³-hybridized carbons (Fsp3) is 0.480. The topological polar surface area (TPSA) is 59.3 Å². The highest BCUT2D eigenvalue weighted by molar-refractivity contribution is 5.63. The molecule has 2 aromatic heterocycles. The molecule has 1 atom stereocenters. The average Bonchev–Trinajstić information content (AvgIpc) is 3.50. The highest BCUT2D eigenvalue weighted by atomic mass is 16.5. The van der Waals surface area contributed by atoms with Crippen molar-refractivity contribution in [1.29, 1.82) is 0 Å². The Morgan fingerprint density at radius 3 is 2.75 bits per heavy atom. The first kappa shape index (κ1) is 20.9. The Hall–Kier alpha value is -2.93. The number of hydrogen-bond acceptors (Lipinski definition) is 6. The maximum absolute atomic E-state index is 5.57. The second kappa shape index (κ2) is 9.28. The van der Waals surface area contributed by atoms with E-state index in [0.717, 1.165) is 67.8 Å². The Balaban J connectivity index is 1.38. The first-order valence-corrected chi connectivity index (χ1v) is 11.7. The zero-order valence-electron chi connectivity index (χ0n) is 19.1. The minimum Gasteiger partial charge on any atom is -0.496 e. The lowest BCUT2D eigenvalue weighted by atomic mass is 9.91. The van der Waals surface area contributed by atoms with Crippen molar-refractivity contribution in [2.45, 2.75) is 38.1 Å². The van der Waals surface area contributed by atoms with Crippen molar-refractivity contribution in [3.63, 3.8) is 0 Å². The van der Waals surface area contributed by atoms with E-state index in [1.165, 1.54) is 24.8 Å². The summed E-state index contributed by atoms with van der Waals surface area (Å²) in [6, 6.07) is 10.3. The SMILES string of the molecule is COc1ccccc1CN1CCCC(c2nn(C)cc2-c2ccnc(N3CCCC3)n2)C1. The van der Waals surface area contributed by atoms with Crippen molar-refractivity contribution in [1.82, 2.24) is 24.6 Å². The maximum atomic E-state index is 5.57. The van der Waals surface area contributed by atoms with Crippen molar-refractivity contribution >= 4 is 5.95 Å². The molecule has 32 heavy (non-hydrogen) atoms. The summed E-state index contributed by atoms with van der Waals surface area (Å²) >= 11 is 0. The largest absolute Gasteiger partial charge is 0.496 e. The van der Waals surface area contributed by atoms with E-state index in [2.05, 4.69) is 33.1 Å². The Morgan fingerprint density at radius 1 is 1.06 bits per heavy atom. The van der Waals surface area contributed by atoms with Gasteiger partial charge in [-0.1, -0.05) is 18.2 Å². The second-order valence-electron chi connectivity index (χ2n) is 8.92. The fourth-order valence-corrected chi connectivity index (χ4v) is 5.07. The van der Waals surface area contributed by atoms with Gasteiger partial charge in [-0.05, 0) is 44.4 Å². The van der Waals surface area contributed by atoms with Crippen LogP contribution in [-0.2, 0) is 13.6 Å². The lowest BCUT2D eigenvalue weighted by Gasteiger charge is -2.32. The van der Waals surface area contributed by atoms with Crippen molar-refractivity contribution in [3.05, 3.63) is 54.0 Å². The molecule has 4 heterocycles. The Morgan fingerprint density at radius 2 is 1.91 bits per heavy atom. The average molecular weight is 433 g/mol. The van der Waals surface area contributed by atoms with E-state index < -0.39 is 0 Å². The van der Waals surface area contributed by atoms with Crippen LogP contribution in [0.1, 0.15) is 42.9 Å². The molecular formula is C25H32N6O. The molecule has 0 aliphatic carbocycles. The first-order valence-electron chi connectivity index (χ1n) is 11.7. The molecule has 0 amide bonds. The van der Waals surface area contributed by atoms with E-state index in [9.17, 15) is 0 Å². The molecule has 0 bridgehead atoms. The molecule has 0 spiro atoms. The van der Waals surface area contributed by atoms with Gasteiger partial charge in [0.1, 0.15) is 5.75 Å². The third-order valence-electron chi connectivity index (χ3n) is 6.64. The maximum Gasteiger partial charge on any atom is 0.225 e. The summed E-state index contributed by atoms with van der Waals surface area (Å²) in [4.78, 5) is 14.3. The summed E-state index contributed by atoms with van der Waals surface area (Å²) in [5, 5.41) is 4.90. The minimum atomic E-state index is 0.389. The van der Waals surface area contributed by atoms with E-state index in [1.54, 1.807) is 7.11 Å². The summed E-state index contributed by atoms with van der Waals surface area (Å²) in [6.07, 6.45) is 8.76. The van der Waals surface area contributed by atoms with E-state index in [0.29, 0.717) is 5.92 Å². The van der Waals surface area contributed by atoms with Crippen LogP contribution < -0.4 is 9.64 Å². The summed E-state index contributed by atoms with van der Waals surface area (Å²) in [5.41, 5.74) is 4.51. The number of ether oxygens (including phenoxy) is 1. The van der Waals surface area contributed by atoms with Gasteiger partial charge >= 0.3 is 0 Å². The molecule has 0 N–H and O–H groups in total. The van der Waals surface area contributed by atoms with Crippen LogP contribution in [-0.4, -0.2) is 57.9 Å². The van der Waals surface area contributed by atoms with Gasteiger partial charge in [0, 0.05) is 62.7 Å². The molecule has 2 aliphatic heterocycles. The summed E-state index contributed by atoms with van der Waals surface area (Å²) in [6.45, 7) is 5.08. The Labute approximate surface area is 190 Å². The van der Waals surface area contributed by atoms with Crippen molar-refractivity contribution in [3.8, 4) is 17.0 Å². The number of anilines is 1. The first-order chi connectivity index (χ1) is 15.7. The number of hydrogen-bond donors (Lipinski definition) is 0. The van der Waals surface area contributed by atoms with Crippen LogP contribution in [0.25, 0.3) is 11.3 Å². The monoisotopic (exact) mass is 432 g/mol. The third-order valence-corrected chi connectivity index (χ3v) is 6.64. The molecule has 1 unspecified atom stereocenters. The highest BCUT2D eigenvalue weighted by Crippen LogP contribution is 2.34. The molecule has 5 rings (SSSR count). The lowest BCUT2D eigenvalue weighted by molar-refractivity contribution is 0.196. The van der Waals surface area contributed by atoms with Crippen LogP contribution in [0.5, 0.6) is 5.75 Å². The van der Waals surface area contributed by atoms with Gasteiger partial charge in [0.25, 0.3) is 0 Å². The minimum absolute atomic E-state index is 0.389. The van der Waals surface area contributed by atoms with Gasteiger partial charge in [-0.2, -0.15) is 5.10 Å². The summed E-state index contributed by atoms with van der Waals surface area (Å²) in [5.74, 6) is 2.19. The third kappa shape index (κ3) is 4.35. The van der Waals surface area contributed by atoms with Crippen molar-refractivity contribution < 1.29 is 4.74 Å². The van der Waals surface area contributed by atoms with Gasteiger partial charge in [0.05, 0.1) is 18.5 Å². The number of rotatable bonds is 6. The van der Waals surface area contributed by atoms with Gasteiger partial charge in [0.2, 0.25) is 5.95 Å². The zero-order chi connectivity index (χ0) is 21.9. The van der Waals surface area contributed by atoms with Gasteiger partial charge < -0.3 is 9.64 Å². The van der Waals surface area contributed by atoms with Gasteiger partial charge in [-0.25, -0.2) is 9.97 Å². The van der Waals surface area contributed by atoms with Crippen LogP contribution in [0.4, 0.5) is 5.95 Å². The highest BCUT2D eigenvalue weighted by Gasteiger charge is 2.27. The number of aryl methyl sites for hydroxylation is 1. The number of benzene rings is 1. The number of likely N-dealkylation sites (tertiary alicyclic amines) is 1. The van der Waals surface area contributed by atoms with Crippen LogP contribution in [0.3, 0.4) is 0 Å². The Kier molecular flexibility index (Phi) is 6.08. The number of piperidine rings is 1. The predicted octanol–water partition coefficient (Wildman–Crippen LogP) is 3.87.